The molecule has 12 heteroatoms. The molecular formula is C29H27FN6O5. The monoisotopic (exact) mass is 558 g/mol. The Labute approximate surface area is 234 Å². The van der Waals surface area contributed by atoms with E-state index < -0.39 is 11.9 Å². The molecule has 1 atom stereocenters. The van der Waals surface area contributed by atoms with E-state index in [-0.39, 0.29) is 36.5 Å². The second-order valence-electron chi connectivity index (χ2n) is 8.91. The first kappa shape index (κ1) is 27.2. The lowest BCUT2D eigenvalue weighted by Gasteiger charge is -2.16. The fraction of sp³-hybridized carbons (Fsp3) is 0.138. The lowest BCUT2D eigenvalue weighted by Crippen LogP contribution is -2.41. The summed E-state index contributed by atoms with van der Waals surface area (Å²) < 4.78 is 37.1. The minimum Gasteiger partial charge on any atom is -0.483 e. The van der Waals surface area contributed by atoms with Gasteiger partial charge in [0.2, 0.25) is 12.7 Å². The average molecular weight is 559 g/mol. The maximum Gasteiger partial charge on any atom is 0.257 e. The average Bonchev–Trinajstić information content (AvgIpc) is 3.45. The summed E-state index contributed by atoms with van der Waals surface area (Å²) in [5.74, 6) is 12.1. The zero-order valence-electron chi connectivity index (χ0n) is 22.0. The van der Waals surface area contributed by atoms with Crippen molar-refractivity contribution in [2.45, 2.75) is 19.6 Å². The number of hydrogen-bond acceptors (Lipinski definition) is 9. The first-order valence-electron chi connectivity index (χ1n) is 12.6. The molecule has 41 heavy (non-hydrogen) atoms. The topological polar surface area (TPSA) is 155 Å². The number of amides is 1. The summed E-state index contributed by atoms with van der Waals surface area (Å²) in [6.07, 6.45) is 0.946. The van der Waals surface area contributed by atoms with Crippen molar-refractivity contribution >= 4 is 11.7 Å². The Morgan fingerprint density at radius 1 is 1.07 bits per heavy atom. The lowest BCUT2D eigenvalue weighted by atomic mass is 10.0. The smallest absolute Gasteiger partial charge is 0.257 e. The van der Waals surface area contributed by atoms with Gasteiger partial charge in [-0.1, -0.05) is 24.3 Å². The molecular weight excluding hydrogens is 531 g/mol. The van der Waals surface area contributed by atoms with Crippen LogP contribution in [0.3, 0.4) is 0 Å². The normalized spacial score (nSPS) is 12.9. The molecule has 1 amide bonds. The first-order valence-corrected chi connectivity index (χ1v) is 12.6. The molecule has 0 saturated carbocycles. The highest BCUT2D eigenvalue weighted by Gasteiger charge is 2.18. The van der Waals surface area contributed by atoms with Gasteiger partial charge in [-0.3, -0.25) is 4.79 Å². The van der Waals surface area contributed by atoms with Crippen LogP contribution in [-0.2, 0) is 6.54 Å². The molecule has 2 heterocycles. The highest BCUT2D eigenvalue weighted by Crippen LogP contribution is 2.36. The summed E-state index contributed by atoms with van der Waals surface area (Å²) in [6, 6.07) is 20.1. The van der Waals surface area contributed by atoms with Gasteiger partial charge in [0.1, 0.15) is 22.9 Å². The Morgan fingerprint density at radius 3 is 2.61 bits per heavy atom. The summed E-state index contributed by atoms with van der Waals surface area (Å²) in [6.45, 7) is 2.06. The molecule has 11 nitrogen and oxygen atoms in total. The summed E-state index contributed by atoms with van der Waals surface area (Å²) in [5.41, 5.74) is 4.49. The van der Waals surface area contributed by atoms with Crippen LogP contribution in [0.5, 0.6) is 28.9 Å². The molecule has 0 spiro atoms. The minimum absolute atomic E-state index is 0.146. The second kappa shape index (κ2) is 12.2. The van der Waals surface area contributed by atoms with Crippen molar-refractivity contribution < 1.29 is 28.1 Å². The molecule has 0 aliphatic carbocycles. The van der Waals surface area contributed by atoms with Crippen molar-refractivity contribution in [2.75, 3.05) is 6.79 Å². The maximum atomic E-state index is 14.9. The Balaban J connectivity index is 1.21. The van der Waals surface area contributed by atoms with Crippen molar-refractivity contribution in [3.63, 3.8) is 0 Å². The number of amidine groups is 1. The third-order valence-corrected chi connectivity index (χ3v) is 6.22. The Morgan fingerprint density at radius 2 is 1.85 bits per heavy atom. The standard InChI is InChI=1S/C29H27FN6O5/c1-17(27(35-31)36-32)40-20-8-10-22(24(30)13-20)19-6-4-18(5-7-19)15-34-28(37)23-3-2-12-33-29(23)41-21-9-11-25-26(14-21)39-16-38-25/h2-14,17H,15-16,31-32H2,1H3,(H,34,37)(H,35,36). The van der Waals surface area contributed by atoms with E-state index in [1.54, 1.807) is 67.7 Å². The number of halogens is 1. The van der Waals surface area contributed by atoms with Crippen LogP contribution in [0, 0.1) is 5.82 Å². The molecule has 0 saturated heterocycles. The van der Waals surface area contributed by atoms with Crippen LogP contribution in [0.2, 0.25) is 0 Å². The second-order valence-corrected chi connectivity index (χ2v) is 8.91. The van der Waals surface area contributed by atoms with Crippen LogP contribution in [0.15, 0.2) is 84.1 Å². The summed E-state index contributed by atoms with van der Waals surface area (Å²) in [7, 11) is 0. The summed E-state index contributed by atoms with van der Waals surface area (Å²) in [5, 5.41) is 6.36. The van der Waals surface area contributed by atoms with Crippen molar-refractivity contribution in [3.05, 3.63) is 95.9 Å². The number of nitrogens with two attached hydrogens (primary N) is 2. The molecule has 1 unspecified atom stereocenters. The third kappa shape index (κ3) is 6.28. The third-order valence-electron chi connectivity index (χ3n) is 6.22. The number of fused-ring (bicyclic) bond motifs is 1. The van der Waals surface area contributed by atoms with Gasteiger partial charge < -0.3 is 35.5 Å². The zero-order valence-corrected chi connectivity index (χ0v) is 22.0. The Kier molecular flexibility index (Phi) is 8.11. The van der Waals surface area contributed by atoms with E-state index in [9.17, 15) is 9.18 Å². The van der Waals surface area contributed by atoms with Crippen molar-refractivity contribution in [1.82, 2.24) is 15.7 Å². The molecule has 5 rings (SSSR count). The quantitative estimate of drug-likeness (QED) is 0.104. The number of aromatic nitrogens is 1. The fourth-order valence-electron chi connectivity index (χ4n) is 4.10. The predicted octanol–water partition coefficient (Wildman–Crippen LogP) is 3.84. The number of nitrogens with one attached hydrogen (secondary N) is 2. The predicted molar refractivity (Wildman–Crippen MR) is 149 cm³/mol. The summed E-state index contributed by atoms with van der Waals surface area (Å²) >= 11 is 0. The number of carbonyl (C=O) groups excluding carboxylic acids is 1. The Hall–Kier alpha value is -5.36. The van der Waals surface area contributed by atoms with Gasteiger partial charge in [0, 0.05) is 30.4 Å². The number of rotatable bonds is 9. The van der Waals surface area contributed by atoms with E-state index in [1.165, 1.54) is 6.07 Å². The van der Waals surface area contributed by atoms with Gasteiger partial charge in [-0.15, -0.1) is 0 Å². The van der Waals surface area contributed by atoms with Gasteiger partial charge in [-0.2, -0.15) is 5.10 Å². The molecule has 0 radical (unpaired) electrons. The first-order chi connectivity index (χ1) is 19.9. The highest BCUT2D eigenvalue weighted by atomic mass is 19.1. The van der Waals surface area contributed by atoms with Crippen LogP contribution in [-0.4, -0.2) is 29.6 Å². The van der Waals surface area contributed by atoms with E-state index in [1.807, 2.05) is 12.1 Å². The molecule has 1 aromatic heterocycles. The van der Waals surface area contributed by atoms with E-state index in [4.69, 9.17) is 30.6 Å². The summed E-state index contributed by atoms with van der Waals surface area (Å²) in [4.78, 5) is 17.2. The minimum atomic E-state index is -0.595. The van der Waals surface area contributed by atoms with Crippen LogP contribution in [0.4, 0.5) is 4.39 Å². The van der Waals surface area contributed by atoms with Crippen LogP contribution in [0.25, 0.3) is 11.1 Å². The van der Waals surface area contributed by atoms with Crippen molar-refractivity contribution in [2.24, 2.45) is 16.8 Å². The molecule has 210 valence electrons. The van der Waals surface area contributed by atoms with E-state index in [0.29, 0.717) is 34.1 Å². The molecule has 4 aromatic rings. The van der Waals surface area contributed by atoms with E-state index >= 15 is 0 Å². The largest absolute Gasteiger partial charge is 0.483 e. The lowest BCUT2D eigenvalue weighted by molar-refractivity contribution is 0.0948. The number of hydrazine groups is 1. The van der Waals surface area contributed by atoms with Gasteiger partial charge in [0.25, 0.3) is 5.91 Å². The number of carbonyl (C=O) groups is 1. The van der Waals surface area contributed by atoms with Gasteiger partial charge in [0.05, 0.1) is 0 Å². The molecule has 3 aromatic carbocycles. The molecule has 6 N–H and O–H groups in total. The van der Waals surface area contributed by atoms with Gasteiger partial charge in [0.15, 0.2) is 23.4 Å². The molecule has 0 fully saturated rings. The number of nitrogens with zero attached hydrogens (tertiary/aromatic N) is 2. The van der Waals surface area contributed by atoms with E-state index in [0.717, 1.165) is 5.56 Å². The number of ether oxygens (including phenoxy) is 4. The molecule has 1 aliphatic rings. The highest BCUT2D eigenvalue weighted by molar-refractivity contribution is 5.96. The van der Waals surface area contributed by atoms with Crippen LogP contribution >= 0.6 is 0 Å². The zero-order chi connectivity index (χ0) is 28.8. The van der Waals surface area contributed by atoms with Gasteiger partial charge in [-0.25, -0.2) is 15.2 Å². The Bertz CT molecular complexity index is 1580. The molecule has 0 bridgehead atoms. The van der Waals surface area contributed by atoms with Crippen LogP contribution < -0.4 is 41.4 Å². The maximum absolute atomic E-state index is 14.9. The van der Waals surface area contributed by atoms with Crippen molar-refractivity contribution in [1.29, 1.82) is 0 Å². The van der Waals surface area contributed by atoms with Crippen molar-refractivity contribution in [3.8, 4) is 40.0 Å². The number of benzene rings is 3. The fourth-order valence-corrected chi connectivity index (χ4v) is 4.10. The SMILES string of the molecule is CC(Oc1ccc(-c2ccc(CNC(=O)c3cccnc3Oc3ccc4c(c3)OCO4)cc2)c(F)c1)/C(=N/N)NN. The number of hydrazone groups is 1. The van der Waals surface area contributed by atoms with E-state index in [2.05, 4.69) is 20.8 Å². The van der Waals surface area contributed by atoms with Crippen LogP contribution in [0.1, 0.15) is 22.8 Å². The number of hydrogen-bond donors (Lipinski definition) is 4. The number of pyridine rings is 1. The van der Waals surface area contributed by atoms with Gasteiger partial charge in [-0.05, 0) is 54.4 Å². The molecule has 1 aliphatic heterocycles. The van der Waals surface area contributed by atoms with Gasteiger partial charge >= 0.3 is 0 Å².